The van der Waals surface area contributed by atoms with Gasteiger partial charge in [-0.2, -0.15) is 5.10 Å². The van der Waals surface area contributed by atoms with E-state index in [-0.39, 0.29) is 12.2 Å². The fourth-order valence-electron chi connectivity index (χ4n) is 6.23. The van der Waals surface area contributed by atoms with E-state index in [4.69, 9.17) is 14.2 Å². The molecule has 2 aromatic carbocycles. The van der Waals surface area contributed by atoms with Gasteiger partial charge < -0.3 is 29.3 Å². The minimum Gasteiger partial charge on any atom is -0.483 e. The lowest BCUT2D eigenvalue weighted by atomic mass is 9.96. The number of anilines is 2. The molecule has 1 atom stereocenters. The largest absolute Gasteiger partial charge is 0.483 e. The number of rotatable bonds is 7. The van der Waals surface area contributed by atoms with E-state index < -0.39 is 30.3 Å². The first kappa shape index (κ1) is 34.0. The number of hydrogen-bond donors (Lipinski definition) is 1. The molecule has 1 N–H and O–H groups in total. The van der Waals surface area contributed by atoms with Gasteiger partial charge in [-0.25, -0.2) is 38.0 Å². The number of aromatic nitrogens is 6. The number of ether oxygens (including phenoxy) is 3. The maximum absolute atomic E-state index is 15.5. The van der Waals surface area contributed by atoms with Crippen LogP contribution in [0.15, 0.2) is 61.5 Å². The van der Waals surface area contributed by atoms with E-state index in [0.717, 1.165) is 11.1 Å². The topological polar surface area (TPSA) is 132 Å². The summed E-state index contributed by atoms with van der Waals surface area (Å²) in [6.07, 6.45) is 5.15. The monoisotopic (exact) mass is 699 g/mol. The fraction of sp³-hybridized carbons (Fsp3) is 0.389. The number of fused-ring (bicyclic) bond motifs is 2. The third-order valence-electron chi connectivity index (χ3n) is 8.75. The van der Waals surface area contributed by atoms with Crippen molar-refractivity contribution in [1.82, 2.24) is 39.3 Å². The van der Waals surface area contributed by atoms with Gasteiger partial charge in [0, 0.05) is 43.4 Å². The normalized spacial score (nSPS) is 18.1. The molecule has 2 aliphatic rings. The molecule has 1 amide bonds. The molecule has 5 aromatic rings. The lowest BCUT2D eigenvalue weighted by molar-refractivity contribution is -0.134. The summed E-state index contributed by atoms with van der Waals surface area (Å²) < 4.78 is 50.5. The van der Waals surface area contributed by atoms with Crippen LogP contribution in [0.25, 0.3) is 22.1 Å². The van der Waals surface area contributed by atoms with Crippen molar-refractivity contribution < 1.29 is 27.8 Å². The predicted octanol–water partition coefficient (Wildman–Crippen LogP) is 6.65. The zero-order valence-corrected chi connectivity index (χ0v) is 29.1. The van der Waals surface area contributed by atoms with E-state index in [1.54, 1.807) is 27.4 Å². The predicted molar refractivity (Wildman–Crippen MR) is 187 cm³/mol. The molecule has 1 saturated heterocycles. The van der Waals surface area contributed by atoms with Crippen molar-refractivity contribution in [2.45, 2.75) is 58.2 Å². The number of halogens is 2. The number of likely N-dealkylation sites (tertiary alicyclic amines) is 1. The van der Waals surface area contributed by atoms with Gasteiger partial charge in [-0.15, -0.1) is 0 Å². The molecule has 7 rings (SSSR count). The van der Waals surface area contributed by atoms with E-state index in [9.17, 15) is 4.79 Å². The van der Waals surface area contributed by atoms with Crippen LogP contribution < -0.4 is 14.8 Å². The standard InChI is InChI=1S/C36H39F2N9O4/c1-22-16-24(6-9-27(22)49-30-17-29-40-20-43-47(29)21-42-30)44-33-31-26(39-19-41-33)8-7-25(32(31)50-28-12-13-45(5)18-36(28,37)38)23-10-14-46(15-11-23)34(48)51-35(2,3)4/h6-10,16-17,19-21,28H,11-15,18H2,1-5H3,(H,39,41,44)/t28-/m1/s1. The number of nitrogens with zero attached hydrogens (tertiary/aromatic N) is 8. The third-order valence-corrected chi connectivity index (χ3v) is 8.75. The number of amides is 1. The molecule has 3 aromatic heterocycles. The second-order valence-corrected chi connectivity index (χ2v) is 13.9. The molecule has 0 saturated carbocycles. The van der Waals surface area contributed by atoms with Gasteiger partial charge in [0.15, 0.2) is 11.8 Å². The smallest absolute Gasteiger partial charge is 0.410 e. The van der Waals surface area contributed by atoms with E-state index in [1.165, 1.54) is 19.0 Å². The average molecular weight is 700 g/mol. The molecule has 51 heavy (non-hydrogen) atoms. The molecule has 0 radical (unpaired) electrons. The van der Waals surface area contributed by atoms with E-state index in [1.807, 2.05) is 64.1 Å². The van der Waals surface area contributed by atoms with Crippen LogP contribution in [-0.2, 0) is 4.74 Å². The van der Waals surface area contributed by atoms with E-state index in [0.29, 0.717) is 71.3 Å². The molecule has 2 aliphatic heterocycles. The van der Waals surface area contributed by atoms with Crippen LogP contribution in [0.1, 0.15) is 44.7 Å². The average Bonchev–Trinajstić information content (AvgIpc) is 3.54. The Morgan fingerprint density at radius 1 is 1.04 bits per heavy atom. The summed E-state index contributed by atoms with van der Waals surface area (Å²) in [6, 6.07) is 10.9. The van der Waals surface area contributed by atoms with Crippen molar-refractivity contribution >= 4 is 39.7 Å². The first-order chi connectivity index (χ1) is 24.3. The van der Waals surface area contributed by atoms with Crippen LogP contribution in [0, 0.1) is 6.92 Å². The van der Waals surface area contributed by atoms with Gasteiger partial charge in [-0.05, 0) is 82.6 Å². The highest BCUT2D eigenvalue weighted by Crippen LogP contribution is 2.42. The van der Waals surface area contributed by atoms with Crippen molar-refractivity contribution in [2.75, 3.05) is 38.5 Å². The number of nitrogens with one attached hydrogen (secondary N) is 1. The molecular weight excluding hydrogens is 660 g/mol. The molecule has 0 spiro atoms. The summed E-state index contributed by atoms with van der Waals surface area (Å²) in [7, 11) is 1.68. The van der Waals surface area contributed by atoms with E-state index >= 15 is 8.78 Å². The quantitative estimate of drug-likeness (QED) is 0.196. The third kappa shape index (κ3) is 7.38. The maximum atomic E-state index is 15.5. The fourth-order valence-corrected chi connectivity index (χ4v) is 6.23. The van der Waals surface area contributed by atoms with Crippen LogP contribution >= 0.6 is 0 Å². The first-order valence-electron chi connectivity index (χ1n) is 16.7. The number of alkyl halides is 2. The Bertz CT molecular complexity index is 2130. The Balaban J connectivity index is 1.23. The van der Waals surface area contributed by atoms with Gasteiger partial charge in [0.2, 0.25) is 5.88 Å². The summed E-state index contributed by atoms with van der Waals surface area (Å²) in [4.78, 5) is 33.5. The Morgan fingerprint density at radius 2 is 1.88 bits per heavy atom. The molecule has 15 heteroatoms. The van der Waals surface area contributed by atoms with Crippen molar-refractivity contribution in [3.8, 4) is 17.4 Å². The van der Waals surface area contributed by atoms with E-state index in [2.05, 4.69) is 30.4 Å². The Hall–Kier alpha value is -5.44. The van der Waals surface area contributed by atoms with Crippen molar-refractivity contribution in [3.63, 3.8) is 0 Å². The van der Waals surface area contributed by atoms with Crippen molar-refractivity contribution in [3.05, 3.63) is 72.6 Å². The highest BCUT2D eigenvalue weighted by atomic mass is 19.3. The number of piperidine rings is 1. The number of hydrogen-bond acceptors (Lipinski definition) is 11. The summed E-state index contributed by atoms with van der Waals surface area (Å²) in [5, 5.41) is 7.90. The summed E-state index contributed by atoms with van der Waals surface area (Å²) in [5.74, 6) is -1.47. The molecule has 266 valence electrons. The molecule has 0 aliphatic carbocycles. The molecular formula is C36H39F2N9O4. The number of carbonyl (C=O) groups excluding carboxylic acids is 1. The summed E-state index contributed by atoms with van der Waals surface area (Å²) >= 11 is 0. The number of aryl methyl sites for hydroxylation is 1. The van der Waals surface area contributed by atoms with Gasteiger partial charge >= 0.3 is 6.09 Å². The highest BCUT2D eigenvalue weighted by Gasteiger charge is 2.46. The lowest BCUT2D eigenvalue weighted by Crippen LogP contribution is -2.52. The highest BCUT2D eigenvalue weighted by molar-refractivity contribution is 5.99. The lowest BCUT2D eigenvalue weighted by Gasteiger charge is -2.37. The SMILES string of the molecule is Cc1cc(Nc2ncnc3ccc(C4=CCN(C(=O)OC(C)(C)C)CC4)c(O[C@@H]4CCN(C)CC4(F)F)c23)ccc1Oc1cc2ncnn2cn1. The Labute approximate surface area is 293 Å². The molecule has 13 nitrogen and oxygen atoms in total. The van der Waals surface area contributed by atoms with Gasteiger partial charge in [0.05, 0.1) is 17.4 Å². The second kappa shape index (κ2) is 13.4. The van der Waals surface area contributed by atoms with Crippen molar-refractivity contribution in [2.24, 2.45) is 0 Å². The minimum absolute atomic E-state index is 0.140. The molecule has 5 heterocycles. The van der Waals surface area contributed by atoms with Crippen LogP contribution in [0.3, 0.4) is 0 Å². The summed E-state index contributed by atoms with van der Waals surface area (Å²) in [5.41, 5.74) is 3.52. The molecule has 0 unspecified atom stereocenters. The Kier molecular flexibility index (Phi) is 8.91. The van der Waals surface area contributed by atoms with Crippen LogP contribution in [0.2, 0.25) is 0 Å². The van der Waals surface area contributed by atoms with Gasteiger partial charge in [-0.3, -0.25) is 0 Å². The van der Waals surface area contributed by atoms with Crippen molar-refractivity contribution in [1.29, 1.82) is 0 Å². The molecule has 1 fully saturated rings. The second-order valence-electron chi connectivity index (χ2n) is 13.9. The first-order valence-corrected chi connectivity index (χ1v) is 16.7. The Morgan fingerprint density at radius 3 is 2.63 bits per heavy atom. The number of carbonyl (C=O) groups is 1. The van der Waals surface area contributed by atoms with Crippen LogP contribution in [-0.4, -0.2) is 96.3 Å². The maximum Gasteiger partial charge on any atom is 0.410 e. The molecule has 0 bridgehead atoms. The van der Waals surface area contributed by atoms with Crippen LogP contribution in [0.4, 0.5) is 25.1 Å². The minimum atomic E-state index is -3.09. The zero-order chi connectivity index (χ0) is 35.9. The number of benzene rings is 2. The summed E-state index contributed by atoms with van der Waals surface area (Å²) in [6.45, 7) is 8.12. The van der Waals surface area contributed by atoms with Gasteiger partial charge in [0.25, 0.3) is 5.92 Å². The van der Waals surface area contributed by atoms with Gasteiger partial charge in [-0.1, -0.05) is 6.08 Å². The van der Waals surface area contributed by atoms with Crippen LogP contribution in [0.5, 0.6) is 17.4 Å². The zero-order valence-electron chi connectivity index (χ0n) is 29.1. The van der Waals surface area contributed by atoms with Gasteiger partial charge in [0.1, 0.15) is 41.9 Å².